The van der Waals surface area contributed by atoms with Crippen molar-refractivity contribution in [3.63, 3.8) is 0 Å². The van der Waals surface area contributed by atoms with Crippen molar-refractivity contribution in [1.82, 2.24) is 15.0 Å². The first-order valence-electron chi connectivity index (χ1n) is 25.7. The zero-order chi connectivity index (χ0) is 49.6. The summed E-state index contributed by atoms with van der Waals surface area (Å²) in [5, 5.41) is 5.95. The molecule has 0 bridgehead atoms. The summed E-state index contributed by atoms with van der Waals surface area (Å²) in [6, 6.07) is 84.0. The van der Waals surface area contributed by atoms with Crippen LogP contribution in [0, 0.1) is 0 Å². The summed E-state index contributed by atoms with van der Waals surface area (Å²) in [6.07, 6.45) is 0. The summed E-state index contributed by atoms with van der Waals surface area (Å²) in [5.74, 6) is 1.59. The lowest BCUT2D eigenvalue weighted by Gasteiger charge is -2.30. The minimum absolute atomic E-state index is 0.377. The minimum Gasteiger partial charge on any atom is -0.456 e. The Morgan fingerprint density at radius 3 is 1.36 bits per heavy atom. The highest BCUT2D eigenvalue weighted by atomic mass is 16.3. The molecule has 4 aromatic heterocycles. The van der Waals surface area contributed by atoms with Crippen LogP contribution in [0.5, 0.6) is 0 Å². The maximum absolute atomic E-state index is 6.66. The van der Waals surface area contributed by atoms with E-state index < -0.39 is 0 Å². The van der Waals surface area contributed by atoms with Gasteiger partial charge in [-0.2, -0.15) is 0 Å². The normalized spacial score (nSPS) is 13.1. The molecule has 0 unspecified atom stereocenters. The van der Waals surface area contributed by atoms with Gasteiger partial charge in [0.15, 0.2) is 17.5 Å². The van der Waals surface area contributed by atoms with Crippen molar-refractivity contribution in [1.29, 1.82) is 0 Å². The predicted molar refractivity (Wildman–Crippen MR) is 305 cm³/mol. The largest absolute Gasteiger partial charge is 0.456 e. The molecule has 0 aliphatic heterocycles. The van der Waals surface area contributed by atoms with Gasteiger partial charge in [0.1, 0.15) is 33.5 Å². The Morgan fingerprint density at radius 2 is 0.671 bits per heavy atom. The van der Waals surface area contributed by atoms with Gasteiger partial charge in [-0.1, -0.05) is 176 Å². The van der Waals surface area contributed by atoms with Crippen molar-refractivity contribution >= 4 is 65.8 Å². The number of aromatic nitrogens is 3. The van der Waals surface area contributed by atoms with Gasteiger partial charge in [0.2, 0.25) is 0 Å². The van der Waals surface area contributed by atoms with E-state index in [1.807, 2.05) is 66.7 Å². The monoisotopic (exact) mass is 969 g/mol. The van der Waals surface area contributed by atoms with Gasteiger partial charge in [-0.05, 0) is 127 Å². The summed E-state index contributed by atoms with van der Waals surface area (Å²) < 4.78 is 19.4. The van der Waals surface area contributed by atoms with E-state index in [-0.39, 0.29) is 5.41 Å². The standard InChI is InChI=1S/C70H39N3O3/c1-6-23-55-45(16-1)46-17-2-7-24-56(46)70(55)57-25-8-3-18-47(57)53-37-42(31-34-58(53)70)40-14-11-15-41(36-40)43-32-35-61-54(38-43)66-52(22-13-29-63(66)75-61)69-72-67(44-30-33-49-48-19-4-9-26-59(48)76-64(49)39-44)71-68(73-69)51-21-12-28-62-65(51)50-20-5-10-27-60(50)74-62/h1-39H. The highest BCUT2D eigenvalue weighted by Crippen LogP contribution is 2.63. The summed E-state index contributed by atoms with van der Waals surface area (Å²) >= 11 is 0. The molecule has 0 fully saturated rings. The lowest BCUT2D eigenvalue weighted by Crippen LogP contribution is -2.25. The lowest BCUT2D eigenvalue weighted by atomic mass is 9.70. The summed E-state index contributed by atoms with van der Waals surface area (Å²) in [7, 11) is 0. The molecular weight excluding hydrogens is 931 g/mol. The number of para-hydroxylation sites is 2. The molecule has 0 saturated heterocycles. The van der Waals surface area contributed by atoms with E-state index >= 15 is 0 Å². The molecule has 6 nitrogen and oxygen atoms in total. The molecule has 4 heterocycles. The van der Waals surface area contributed by atoms with E-state index in [0.29, 0.717) is 17.5 Å². The first-order chi connectivity index (χ1) is 37.6. The molecule has 15 aromatic rings. The number of furan rings is 3. The molecule has 0 N–H and O–H groups in total. The van der Waals surface area contributed by atoms with Gasteiger partial charge in [-0.25, -0.2) is 15.0 Å². The third kappa shape index (κ3) is 5.72. The zero-order valence-electron chi connectivity index (χ0n) is 40.6. The second-order valence-electron chi connectivity index (χ2n) is 20.1. The van der Waals surface area contributed by atoms with Crippen molar-refractivity contribution in [3.05, 3.63) is 259 Å². The number of nitrogens with zero attached hydrogens (tertiary/aromatic N) is 3. The van der Waals surface area contributed by atoms with Crippen LogP contribution < -0.4 is 0 Å². The average molecular weight is 970 g/mol. The number of benzene rings is 11. The highest BCUT2D eigenvalue weighted by molar-refractivity contribution is 6.14. The van der Waals surface area contributed by atoms with Crippen LogP contribution in [0.1, 0.15) is 22.3 Å². The fourth-order valence-corrected chi connectivity index (χ4v) is 12.9. The molecule has 2 aliphatic carbocycles. The lowest BCUT2D eigenvalue weighted by molar-refractivity contribution is 0.668. The summed E-state index contributed by atoms with van der Waals surface area (Å²) in [6.45, 7) is 0. The van der Waals surface area contributed by atoms with Gasteiger partial charge in [0.25, 0.3) is 0 Å². The van der Waals surface area contributed by atoms with E-state index in [0.717, 1.165) is 99.2 Å². The van der Waals surface area contributed by atoms with Crippen LogP contribution in [0.3, 0.4) is 0 Å². The second-order valence-corrected chi connectivity index (χ2v) is 20.1. The van der Waals surface area contributed by atoms with Gasteiger partial charge in [0, 0.05) is 49.0 Å². The van der Waals surface area contributed by atoms with E-state index in [4.69, 9.17) is 28.2 Å². The Morgan fingerprint density at radius 1 is 0.237 bits per heavy atom. The molecule has 2 aliphatic rings. The molecule has 0 atom stereocenters. The minimum atomic E-state index is -0.377. The van der Waals surface area contributed by atoms with Crippen molar-refractivity contribution in [2.75, 3.05) is 0 Å². The van der Waals surface area contributed by atoms with Crippen LogP contribution in [-0.4, -0.2) is 15.0 Å². The molecule has 76 heavy (non-hydrogen) atoms. The molecule has 0 saturated carbocycles. The van der Waals surface area contributed by atoms with E-state index in [1.54, 1.807) is 0 Å². The van der Waals surface area contributed by atoms with Gasteiger partial charge in [-0.3, -0.25) is 0 Å². The molecular formula is C70H39N3O3. The molecule has 1 spiro atoms. The van der Waals surface area contributed by atoms with E-state index in [9.17, 15) is 0 Å². The fourth-order valence-electron chi connectivity index (χ4n) is 12.9. The van der Waals surface area contributed by atoms with Crippen LogP contribution in [-0.2, 0) is 5.41 Å². The van der Waals surface area contributed by atoms with Crippen LogP contribution in [0.15, 0.2) is 250 Å². The topological polar surface area (TPSA) is 78.1 Å². The Labute approximate surface area is 434 Å². The van der Waals surface area contributed by atoms with E-state index in [2.05, 4.69) is 170 Å². The van der Waals surface area contributed by atoms with Crippen molar-refractivity contribution in [2.45, 2.75) is 5.41 Å². The number of rotatable bonds is 5. The van der Waals surface area contributed by atoms with E-state index in [1.165, 1.54) is 50.1 Å². The van der Waals surface area contributed by atoms with Crippen LogP contribution in [0.4, 0.5) is 0 Å². The SMILES string of the molecule is c1cc(-c2ccc3c(c2)-c2ccccc2C32c3ccccc3-c3ccccc32)cc(-c2ccc3oc4cccc(-c5nc(-c6ccc7c(c6)oc6ccccc67)nc(-c6cccc7oc8ccccc8c67)n5)c4c3c2)c1. The third-order valence-corrected chi connectivity index (χ3v) is 16.2. The molecule has 17 rings (SSSR count). The first kappa shape index (κ1) is 41.3. The quantitative estimate of drug-likeness (QED) is 0.171. The Balaban J connectivity index is 0.810. The van der Waals surface area contributed by atoms with Crippen LogP contribution in [0.2, 0.25) is 0 Å². The third-order valence-electron chi connectivity index (χ3n) is 16.2. The maximum Gasteiger partial charge on any atom is 0.164 e. The first-order valence-corrected chi connectivity index (χ1v) is 25.7. The Kier molecular flexibility index (Phi) is 8.39. The van der Waals surface area contributed by atoms with Gasteiger partial charge in [-0.15, -0.1) is 0 Å². The fraction of sp³-hybridized carbons (Fsp3) is 0.0143. The molecule has 11 aromatic carbocycles. The number of fused-ring (bicyclic) bond motifs is 19. The summed E-state index contributed by atoms with van der Waals surface area (Å²) in [5.41, 5.74) is 21.9. The number of hydrogen-bond acceptors (Lipinski definition) is 6. The second kappa shape index (κ2) is 15.4. The van der Waals surface area contributed by atoms with Gasteiger partial charge in [0.05, 0.1) is 5.41 Å². The van der Waals surface area contributed by atoms with Crippen molar-refractivity contribution in [3.8, 4) is 78.7 Å². The Hall–Kier alpha value is -10.2. The van der Waals surface area contributed by atoms with Crippen molar-refractivity contribution in [2.24, 2.45) is 0 Å². The average Bonchev–Trinajstić information content (AvgIpc) is 4.42. The molecule has 0 radical (unpaired) electrons. The van der Waals surface area contributed by atoms with Crippen molar-refractivity contribution < 1.29 is 13.3 Å². The predicted octanol–water partition coefficient (Wildman–Crippen LogP) is 18.2. The smallest absolute Gasteiger partial charge is 0.164 e. The Bertz CT molecular complexity index is 4930. The zero-order valence-corrected chi connectivity index (χ0v) is 40.6. The van der Waals surface area contributed by atoms with Gasteiger partial charge < -0.3 is 13.3 Å². The maximum atomic E-state index is 6.66. The molecule has 0 amide bonds. The van der Waals surface area contributed by atoms with Gasteiger partial charge >= 0.3 is 0 Å². The van der Waals surface area contributed by atoms with Crippen LogP contribution in [0.25, 0.3) is 144 Å². The molecule has 352 valence electrons. The molecule has 6 heteroatoms. The van der Waals surface area contributed by atoms with Crippen LogP contribution >= 0.6 is 0 Å². The summed E-state index contributed by atoms with van der Waals surface area (Å²) in [4.78, 5) is 15.9. The highest BCUT2D eigenvalue weighted by Gasteiger charge is 2.51. The number of hydrogen-bond donors (Lipinski definition) is 0.